The van der Waals surface area contributed by atoms with Gasteiger partial charge >= 0.3 is 17.9 Å². The van der Waals surface area contributed by atoms with E-state index in [2.05, 4.69) is 5.32 Å². The van der Waals surface area contributed by atoms with Crippen LogP contribution in [0.3, 0.4) is 0 Å². The van der Waals surface area contributed by atoms with Crippen LogP contribution < -0.4 is 5.32 Å². The number of nitrogens with one attached hydrogen (secondary N) is 1. The van der Waals surface area contributed by atoms with Crippen molar-refractivity contribution in [2.75, 3.05) is 19.8 Å². The first-order valence-corrected chi connectivity index (χ1v) is 9.28. The highest BCUT2D eigenvalue weighted by Crippen LogP contribution is 2.28. The second-order valence-electron chi connectivity index (χ2n) is 6.52. The molecule has 0 spiro atoms. The Balaban J connectivity index is 3.17. The average Bonchev–Trinajstić information content (AvgIpc) is 2.60. The molecule has 166 valence electrons. The maximum Gasteiger partial charge on any atom is 0.303 e. The number of ether oxygens (including phenoxy) is 5. The maximum absolute atomic E-state index is 11.7. The van der Waals surface area contributed by atoms with Gasteiger partial charge in [-0.25, -0.2) is 0 Å². The van der Waals surface area contributed by atoms with Gasteiger partial charge in [-0.05, 0) is 12.8 Å². The molecule has 1 fully saturated rings. The summed E-state index contributed by atoms with van der Waals surface area (Å²) in [4.78, 5) is 46.2. The molecule has 0 radical (unpaired) electrons. The normalized spacial score (nSPS) is 26.3. The molecule has 0 aromatic rings. The van der Waals surface area contributed by atoms with E-state index >= 15 is 0 Å². The van der Waals surface area contributed by atoms with Gasteiger partial charge in [-0.1, -0.05) is 0 Å². The van der Waals surface area contributed by atoms with Gasteiger partial charge in [0.1, 0.15) is 18.8 Å². The lowest BCUT2D eigenvalue weighted by Crippen LogP contribution is -2.66. The Morgan fingerprint density at radius 1 is 0.931 bits per heavy atom. The summed E-state index contributed by atoms with van der Waals surface area (Å²) in [6.45, 7) is 4.70. The van der Waals surface area contributed by atoms with E-state index in [-0.39, 0.29) is 19.8 Å². The number of aliphatic hydroxyl groups is 1. The number of carbonyl (C=O) groups excluding carboxylic acids is 4. The van der Waals surface area contributed by atoms with Crippen molar-refractivity contribution in [2.24, 2.45) is 0 Å². The fourth-order valence-electron chi connectivity index (χ4n) is 2.85. The zero-order chi connectivity index (χ0) is 22.0. The molecule has 5 atom stereocenters. The standard InChI is InChI=1S/C18H29NO10/c1-10(21)19-15-17(28-13(4)24)16(27-12(3)23)14(9-26-11(2)22)29-18(15)25-8-6-5-7-20/h14-18,20H,5-9H2,1-4H3,(H,19,21)/t14?,15?,16-,17+,18+/m0/s1. The van der Waals surface area contributed by atoms with Gasteiger partial charge in [-0.2, -0.15) is 0 Å². The van der Waals surface area contributed by atoms with Crippen LogP contribution in [-0.4, -0.2) is 79.4 Å². The van der Waals surface area contributed by atoms with Gasteiger partial charge < -0.3 is 34.1 Å². The first kappa shape index (κ1) is 24.8. The van der Waals surface area contributed by atoms with E-state index in [1.54, 1.807) is 0 Å². The van der Waals surface area contributed by atoms with Gasteiger partial charge in [0.05, 0.1) is 0 Å². The highest BCUT2D eigenvalue weighted by molar-refractivity contribution is 5.73. The molecule has 1 amide bonds. The molecule has 0 saturated carbocycles. The minimum atomic E-state index is -1.15. The fraction of sp³-hybridized carbons (Fsp3) is 0.778. The molecular formula is C18H29NO10. The van der Waals surface area contributed by atoms with E-state index in [0.717, 1.165) is 0 Å². The van der Waals surface area contributed by atoms with E-state index in [0.29, 0.717) is 12.8 Å². The van der Waals surface area contributed by atoms with Gasteiger partial charge in [0.2, 0.25) is 5.91 Å². The number of hydrogen-bond acceptors (Lipinski definition) is 10. The molecule has 11 nitrogen and oxygen atoms in total. The van der Waals surface area contributed by atoms with Crippen molar-refractivity contribution in [1.82, 2.24) is 5.32 Å². The third-order valence-electron chi connectivity index (χ3n) is 3.91. The number of carbonyl (C=O) groups is 4. The van der Waals surface area contributed by atoms with E-state index in [4.69, 9.17) is 28.8 Å². The van der Waals surface area contributed by atoms with Crippen LogP contribution in [0.15, 0.2) is 0 Å². The molecule has 1 aliphatic heterocycles. The highest BCUT2D eigenvalue weighted by Gasteiger charge is 2.51. The van der Waals surface area contributed by atoms with Crippen LogP contribution in [-0.2, 0) is 42.9 Å². The Kier molecular flexibility index (Phi) is 10.6. The lowest BCUT2D eigenvalue weighted by atomic mass is 9.96. The molecule has 2 N–H and O–H groups in total. The quantitative estimate of drug-likeness (QED) is 0.268. The second-order valence-corrected chi connectivity index (χ2v) is 6.52. The summed E-state index contributed by atoms with van der Waals surface area (Å²) in [5.41, 5.74) is 0. The van der Waals surface area contributed by atoms with Gasteiger partial charge in [-0.15, -0.1) is 0 Å². The van der Waals surface area contributed by atoms with Crippen LogP contribution in [0, 0.1) is 0 Å². The monoisotopic (exact) mass is 419 g/mol. The first-order chi connectivity index (χ1) is 13.6. The smallest absolute Gasteiger partial charge is 0.303 e. The van der Waals surface area contributed by atoms with Crippen molar-refractivity contribution in [3.05, 3.63) is 0 Å². The molecular weight excluding hydrogens is 390 g/mol. The lowest BCUT2D eigenvalue weighted by Gasteiger charge is -2.44. The minimum Gasteiger partial charge on any atom is -0.463 e. The van der Waals surface area contributed by atoms with E-state index < -0.39 is 54.5 Å². The predicted octanol–water partition coefficient (Wildman–Crippen LogP) is -0.568. The molecule has 2 unspecified atom stereocenters. The van der Waals surface area contributed by atoms with Gasteiger partial charge in [0, 0.05) is 40.9 Å². The summed E-state index contributed by atoms with van der Waals surface area (Å²) in [5, 5.41) is 11.5. The molecule has 1 saturated heterocycles. The number of amides is 1. The highest BCUT2D eigenvalue weighted by atomic mass is 16.7. The van der Waals surface area contributed by atoms with Gasteiger partial charge in [0.15, 0.2) is 18.5 Å². The Morgan fingerprint density at radius 2 is 1.55 bits per heavy atom. The summed E-state index contributed by atoms with van der Waals surface area (Å²) >= 11 is 0. The van der Waals surface area contributed by atoms with Crippen LogP contribution in [0.2, 0.25) is 0 Å². The average molecular weight is 419 g/mol. The van der Waals surface area contributed by atoms with Crippen molar-refractivity contribution >= 4 is 23.8 Å². The number of esters is 3. The molecule has 29 heavy (non-hydrogen) atoms. The SMILES string of the molecule is CC(=O)NC1[C@H](OCCCCO)OC(COC(C)=O)[C@H](OC(C)=O)[C@@H]1OC(C)=O. The summed E-state index contributed by atoms with van der Waals surface area (Å²) < 4.78 is 27.1. The third-order valence-corrected chi connectivity index (χ3v) is 3.91. The number of rotatable bonds is 10. The third kappa shape index (κ3) is 8.75. The molecule has 11 heteroatoms. The molecule has 0 aromatic carbocycles. The number of aliphatic hydroxyl groups excluding tert-OH is 1. The molecule has 0 aliphatic carbocycles. The Morgan fingerprint density at radius 3 is 2.07 bits per heavy atom. The molecule has 0 aromatic heterocycles. The maximum atomic E-state index is 11.7. The van der Waals surface area contributed by atoms with E-state index in [9.17, 15) is 19.2 Å². The second kappa shape index (κ2) is 12.3. The summed E-state index contributed by atoms with van der Waals surface area (Å²) in [5.74, 6) is -2.37. The van der Waals surface area contributed by atoms with Crippen molar-refractivity contribution in [1.29, 1.82) is 0 Å². The molecule has 1 rings (SSSR count). The fourth-order valence-corrected chi connectivity index (χ4v) is 2.85. The van der Waals surface area contributed by atoms with Crippen molar-refractivity contribution in [3.63, 3.8) is 0 Å². The zero-order valence-electron chi connectivity index (χ0n) is 17.0. The predicted molar refractivity (Wildman–Crippen MR) is 96.3 cm³/mol. The molecule has 0 bridgehead atoms. The van der Waals surface area contributed by atoms with Crippen LogP contribution in [0.25, 0.3) is 0 Å². The first-order valence-electron chi connectivity index (χ1n) is 9.28. The largest absolute Gasteiger partial charge is 0.463 e. The summed E-state index contributed by atoms with van der Waals surface area (Å²) in [6, 6.07) is -0.983. The van der Waals surface area contributed by atoms with Crippen molar-refractivity contribution in [2.45, 2.75) is 71.2 Å². The van der Waals surface area contributed by atoms with Crippen LogP contribution >= 0.6 is 0 Å². The van der Waals surface area contributed by atoms with E-state index in [1.165, 1.54) is 27.7 Å². The van der Waals surface area contributed by atoms with Gasteiger partial charge in [0.25, 0.3) is 0 Å². The van der Waals surface area contributed by atoms with Gasteiger partial charge in [-0.3, -0.25) is 19.2 Å². The minimum absolute atomic E-state index is 0.0102. The topological polar surface area (TPSA) is 147 Å². The van der Waals surface area contributed by atoms with E-state index in [1.807, 2.05) is 0 Å². The van der Waals surface area contributed by atoms with Crippen LogP contribution in [0.1, 0.15) is 40.5 Å². The Bertz CT molecular complexity index is 581. The molecule has 1 heterocycles. The zero-order valence-corrected chi connectivity index (χ0v) is 17.0. The van der Waals surface area contributed by atoms with Crippen LogP contribution in [0.5, 0.6) is 0 Å². The summed E-state index contributed by atoms with van der Waals surface area (Å²) in [7, 11) is 0. The lowest BCUT2D eigenvalue weighted by molar-refractivity contribution is -0.277. The Labute approximate surface area is 168 Å². The number of hydrogen-bond donors (Lipinski definition) is 2. The summed E-state index contributed by atoms with van der Waals surface area (Å²) in [6.07, 6.45) is -3.35. The Hall–Kier alpha value is -2.24. The van der Waals surface area contributed by atoms with Crippen LogP contribution in [0.4, 0.5) is 0 Å². The number of unbranched alkanes of at least 4 members (excludes halogenated alkanes) is 1. The van der Waals surface area contributed by atoms with Crippen molar-refractivity contribution in [3.8, 4) is 0 Å². The molecule has 1 aliphatic rings. The van der Waals surface area contributed by atoms with Crippen molar-refractivity contribution < 1.29 is 48.0 Å².